The summed E-state index contributed by atoms with van der Waals surface area (Å²) >= 11 is 0. The zero-order valence-electron chi connectivity index (χ0n) is 17.4. The van der Waals surface area contributed by atoms with Crippen molar-refractivity contribution in [2.45, 2.75) is 31.7 Å². The lowest BCUT2D eigenvalue weighted by molar-refractivity contribution is -0.143. The second-order valence-electron chi connectivity index (χ2n) is 6.96. The molecule has 0 aliphatic rings. The Balaban J connectivity index is 1.75. The first kappa shape index (κ1) is 25.8. The van der Waals surface area contributed by atoms with Crippen molar-refractivity contribution in [1.82, 2.24) is 30.0 Å². The van der Waals surface area contributed by atoms with E-state index < -0.39 is 54.0 Å². The number of alkyl halides is 8. The predicted octanol–water partition coefficient (Wildman–Crippen LogP) is 4.23. The van der Waals surface area contributed by atoms with E-state index in [1.54, 1.807) is 0 Å². The van der Waals surface area contributed by atoms with E-state index in [1.165, 1.54) is 6.92 Å². The fourth-order valence-electron chi connectivity index (χ4n) is 2.66. The van der Waals surface area contributed by atoms with Gasteiger partial charge < -0.3 is 10.1 Å². The van der Waals surface area contributed by atoms with E-state index in [1.807, 2.05) is 0 Å². The molecule has 1 N–H and O–H groups in total. The Morgan fingerprint density at radius 2 is 1.57 bits per heavy atom. The molecular weight excluding hydrogens is 496 g/mol. The third-order valence-corrected chi connectivity index (χ3v) is 4.29. The van der Waals surface area contributed by atoms with Gasteiger partial charge >= 0.3 is 12.4 Å². The number of halogens is 8. The average Bonchev–Trinajstić information content (AvgIpc) is 3.27. The van der Waals surface area contributed by atoms with Crippen LogP contribution in [0.1, 0.15) is 40.3 Å². The second kappa shape index (κ2) is 9.79. The highest BCUT2D eigenvalue weighted by Gasteiger charge is 2.37. The van der Waals surface area contributed by atoms with Crippen molar-refractivity contribution < 1.29 is 44.7 Å². The van der Waals surface area contributed by atoms with E-state index in [2.05, 4.69) is 25.4 Å². The second-order valence-corrected chi connectivity index (χ2v) is 6.96. The van der Waals surface area contributed by atoms with Gasteiger partial charge in [-0.2, -0.15) is 31.0 Å². The van der Waals surface area contributed by atoms with Crippen LogP contribution in [0.4, 0.5) is 35.1 Å². The minimum Gasteiger partial charge on any atom is -0.484 e. The smallest absolute Gasteiger partial charge is 0.416 e. The summed E-state index contributed by atoms with van der Waals surface area (Å²) in [5.41, 5.74) is -4.13. The number of ether oxygens (including phenoxy) is 1. The number of benzene rings is 1. The van der Waals surface area contributed by atoms with Crippen molar-refractivity contribution in [2.75, 3.05) is 6.61 Å². The van der Waals surface area contributed by atoms with Gasteiger partial charge in [-0.3, -0.25) is 4.79 Å². The number of carbonyl (C=O) groups is 1. The van der Waals surface area contributed by atoms with Crippen molar-refractivity contribution >= 4 is 5.91 Å². The number of hydrogen-bond acceptors (Lipinski definition) is 6. The highest BCUT2D eigenvalue weighted by Crippen LogP contribution is 2.36. The maximum absolute atomic E-state index is 13.0. The monoisotopic (exact) mass is 510 g/mol. The Labute approximate surface area is 191 Å². The average molecular weight is 510 g/mol. The Kier molecular flexibility index (Phi) is 7.21. The molecule has 2 aromatic heterocycles. The third-order valence-electron chi connectivity index (χ3n) is 4.29. The molecule has 3 rings (SSSR count). The molecule has 8 nitrogen and oxygen atoms in total. The van der Waals surface area contributed by atoms with Gasteiger partial charge in [0.1, 0.15) is 12.9 Å². The van der Waals surface area contributed by atoms with Gasteiger partial charge in [0.25, 0.3) is 18.3 Å². The van der Waals surface area contributed by atoms with Gasteiger partial charge in [0, 0.05) is 5.56 Å². The first-order chi connectivity index (χ1) is 16.2. The lowest BCUT2D eigenvalue weighted by Gasteiger charge is -2.15. The Hall–Kier alpha value is -3.85. The quantitative estimate of drug-likeness (QED) is 0.479. The first-order valence-corrected chi connectivity index (χ1v) is 9.49. The molecule has 1 amide bonds. The van der Waals surface area contributed by atoms with Crippen LogP contribution in [0.25, 0.3) is 5.95 Å². The standard InChI is InChI=1S/C19H14F8N6O2/c1-9(15-30-8-33(32-15)17-28-5-13(6-29-17)35-7-14(20)21)31-16(34)10-2-11(18(22,23)24)4-12(3-10)19(25,26)27/h2-6,8-9,14H,7H2,1H3,(H,31,34). The van der Waals surface area contributed by atoms with Crippen LogP contribution in [0.3, 0.4) is 0 Å². The molecule has 1 unspecified atom stereocenters. The highest BCUT2D eigenvalue weighted by atomic mass is 19.4. The van der Waals surface area contributed by atoms with Crippen LogP contribution in [0, 0.1) is 0 Å². The SMILES string of the molecule is CC(NC(=O)c1cc(C(F)(F)F)cc(C(F)(F)F)c1)c1ncn(-c2ncc(OCC(F)F)cn2)n1. The summed E-state index contributed by atoms with van der Waals surface area (Å²) in [5.74, 6) is -1.38. The summed E-state index contributed by atoms with van der Waals surface area (Å²) in [6.45, 7) is 0.488. The maximum Gasteiger partial charge on any atom is 0.416 e. The topological polar surface area (TPSA) is 94.8 Å². The number of amides is 1. The molecule has 35 heavy (non-hydrogen) atoms. The molecule has 16 heteroatoms. The van der Waals surface area contributed by atoms with Crippen LogP contribution in [-0.4, -0.2) is 43.7 Å². The molecule has 3 aromatic rings. The van der Waals surface area contributed by atoms with E-state index in [4.69, 9.17) is 4.74 Å². The molecule has 1 aromatic carbocycles. The number of nitrogens with one attached hydrogen (secondary N) is 1. The molecular formula is C19H14F8N6O2. The molecule has 0 saturated carbocycles. The molecule has 1 atom stereocenters. The van der Waals surface area contributed by atoms with Crippen molar-refractivity contribution in [3.05, 3.63) is 59.4 Å². The van der Waals surface area contributed by atoms with Gasteiger partial charge in [0.15, 0.2) is 11.6 Å². The fraction of sp³-hybridized carbons (Fsp3) is 0.316. The highest BCUT2D eigenvalue weighted by molar-refractivity contribution is 5.94. The molecule has 0 saturated heterocycles. The van der Waals surface area contributed by atoms with E-state index in [0.29, 0.717) is 12.1 Å². The van der Waals surface area contributed by atoms with Crippen molar-refractivity contribution in [3.8, 4) is 11.7 Å². The molecule has 188 valence electrons. The fourth-order valence-corrected chi connectivity index (χ4v) is 2.66. The normalized spacial score (nSPS) is 13.1. The molecule has 0 spiro atoms. The van der Waals surface area contributed by atoms with Gasteiger partial charge in [0.2, 0.25) is 0 Å². The summed E-state index contributed by atoms with van der Waals surface area (Å²) in [5, 5.41) is 6.22. The molecule has 0 radical (unpaired) electrons. The third kappa shape index (κ3) is 6.60. The molecule has 2 heterocycles. The number of carbonyl (C=O) groups excluding carboxylic acids is 1. The molecule has 0 aliphatic carbocycles. The van der Waals surface area contributed by atoms with Crippen molar-refractivity contribution in [2.24, 2.45) is 0 Å². The number of aromatic nitrogens is 5. The zero-order chi connectivity index (χ0) is 26.0. The summed E-state index contributed by atoms with van der Waals surface area (Å²) in [6, 6.07) is -0.530. The number of hydrogen-bond donors (Lipinski definition) is 1. The Morgan fingerprint density at radius 1 is 1.00 bits per heavy atom. The van der Waals surface area contributed by atoms with Crippen LogP contribution in [0.2, 0.25) is 0 Å². The molecule has 0 fully saturated rings. The van der Waals surface area contributed by atoms with Gasteiger partial charge in [-0.05, 0) is 25.1 Å². The van der Waals surface area contributed by atoms with Crippen LogP contribution in [-0.2, 0) is 12.4 Å². The molecule has 0 aliphatic heterocycles. The lowest BCUT2D eigenvalue weighted by atomic mass is 10.0. The van der Waals surface area contributed by atoms with Crippen LogP contribution >= 0.6 is 0 Å². The van der Waals surface area contributed by atoms with E-state index in [0.717, 1.165) is 23.4 Å². The minimum absolute atomic E-state index is 0.0330. The van der Waals surface area contributed by atoms with Gasteiger partial charge in [-0.25, -0.2) is 23.7 Å². The zero-order valence-corrected chi connectivity index (χ0v) is 17.4. The number of rotatable bonds is 7. The summed E-state index contributed by atoms with van der Waals surface area (Å²) in [6.07, 6.45) is -9.59. The van der Waals surface area contributed by atoms with Crippen molar-refractivity contribution in [1.29, 1.82) is 0 Å². The van der Waals surface area contributed by atoms with Crippen molar-refractivity contribution in [3.63, 3.8) is 0 Å². The lowest BCUT2D eigenvalue weighted by Crippen LogP contribution is -2.28. The number of nitrogens with zero attached hydrogens (tertiary/aromatic N) is 5. The van der Waals surface area contributed by atoms with Gasteiger partial charge in [-0.1, -0.05) is 0 Å². The summed E-state index contributed by atoms with van der Waals surface area (Å²) < 4.78 is 108. The van der Waals surface area contributed by atoms with Crippen LogP contribution in [0.15, 0.2) is 36.9 Å². The Morgan fingerprint density at radius 3 is 2.09 bits per heavy atom. The van der Waals surface area contributed by atoms with Gasteiger partial charge in [-0.15, -0.1) is 5.10 Å². The van der Waals surface area contributed by atoms with E-state index in [-0.39, 0.29) is 23.6 Å². The predicted molar refractivity (Wildman–Crippen MR) is 101 cm³/mol. The van der Waals surface area contributed by atoms with Crippen LogP contribution in [0.5, 0.6) is 5.75 Å². The first-order valence-electron chi connectivity index (χ1n) is 9.49. The minimum atomic E-state index is -5.11. The largest absolute Gasteiger partial charge is 0.484 e. The maximum atomic E-state index is 13.0. The van der Waals surface area contributed by atoms with Gasteiger partial charge in [0.05, 0.1) is 29.6 Å². The summed E-state index contributed by atoms with van der Waals surface area (Å²) in [4.78, 5) is 24.0. The summed E-state index contributed by atoms with van der Waals surface area (Å²) in [7, 11) is 0. The molecule has 0 bridgehead atoms. The van der Waals surface area contributed by atoms with Crippen LogP contribution < -0.4 is 10.1 Å². The van der Waals surface area contributed by atoms with E-state index >= 15 is 0 Å². The van der Waals surface area contributed by atoms with E-state index in [9.17, 15) is 39.9 Å². The Bertz CT molecular complexity index is 1150.